The highest BCUT2D eigenvalue weighted by atomic mass is 127. The number of imidazole rings is 1. The van der Waals surface area contributed by atoms with E-state index in [0.717, 1.165) is 35.3 Å². The molecule has 0 aliphatic carbocycles. The Hall–Kier alpha value is -0.890. The summed E-state index contributed by atoms with van der Waals surface area (Å²) in [7, 11) is 0. The number of fused-ring (bicyclic) bond motifs is 1. The highest BCUT2D eigenvalue weighted by Gasteiger charge is 2.19. The molecule has 0 radical (unpaired) electrons. The summed E-state index contributed by atoms with van der Waals surface area (Å²) in [5, 5.41) is 0. The van der Waals surface area contributed by atoms with Gasteiger partial charge in [0.15, 0.2) is 0 Å². The minimum Gasteiger partial charge on any atom is -0.477 e. The molecule has 0 atom stereocenters. The average molecular weight is 373 g/mol. The van der Waals surface area contributed by atoms with E-state index < -0.39 is 0 Å². The molecule has 0 aromatic carbocycles. The average Bonchev–Trinajstić information content (AvgIpc) is 2.83. The maximum absolute atomic E-state index is 5.51. The fourth-order valence-electron chi connectivity index (χ4n) is 2.33. The Labute approximate surface area is 125 Å². The molecule has 3 rings (SSSR count). The number of ether oxygens (including phenoxy) is 2. The Morgan fingerprint density at radius 3 is 2.89 bits per heavy atom. The molecule has 1 aliphatic heterocycles. The number of rotatable bonds is 3. The molecule has 0 saturated carbocycles. The Morgan fingerprint density at radius 2 is 2.16 bits per heavy atom. The quantitative estimate of drug-likeness (QED) is 0.777. The molecule has 19 heavy (non-hydrogen) atoms. The highest BCUT2D eigenvalue weighted by molar-refractivity contribution is 14.1. The molecular formula is C13H16IN3O2. The van der Waals surface area contributed by atoms with E-state index in [1.807, 2.05) is 17.5 Å². The first kappa shape index (κ1) is 13.1. The van der Waals surface area contributed by atoms with Crippen LogP contribution in [0.2, 0.25) is 0 Å². The maximum atomic E-state index is 5.51. The Morgan fingerprint density at radius 1 is 1.37 bits per heavy atom. The fraction of sp³-hybridized carbons (Fsp3) is 0.538. The molecule has 0 unspecified atom stereocenters. The lowest BCUT2D eigenvalue weighted by Gasteiger charge is -2.19. The number of hydrogen-bond donors (Lipinski definition) is 0. The van der Waals surface area contributed by atoms with Gasteiger partial charge >= 0.3 is 0 Å². The van der Waals surface area contributed by atoms with Gasteiger partial charge < -0.3 is 9.47 Å². The van der Waals surface area contributed by atoms with Crippen LogP contribution in [0.15, 0.2) is 12.4 Å². The van der Waals surface area contributed by atoms with Crippen LogP contribution in [-0.2, 0) is 4.74 Å². The lowest BCUT2D eigenvalue weighted by atomic mass is 9.97. The number of halogens is 1. The van der Waals surface area contributed by atoms with E-state index in [2.05, 4.69) is 38.8 Å². The molecule has 5 nitrogen and oxygen atoms in total. The first-order chi connectivity index (χ1) is 9.28. The van der Waals surface area contributed by atoms with Crippen molar-refractivity contribution in [3.63, 3.8) is 0 Å². The Bertz CT molecular complexity index is 579. The van der Waals surface area contributed by atoms with E-state index in [0.29, 0.717) is 24.2 Å². The van der Waals surface area contributed by atoms with Gasteiger partial charge in [0, 0.05) is 31.5 Å². The Kier molecular flexibility index (Phi) is 3.88. The number of aromatic nitrogens is 3. The molecule has 1 aliphatic rings. The molecule has 0 spiro atoms. The van der Waals surface area contributed by atoms with E-state index >= 15 is 0 Å². The molecule has 3 heterocycles. The van der Waals surface area contributed by atoms with E-state index in [-0.39, 0.29) is 0 Å². The van der Waals surface area contributed by atoms with E-state index in [1.54, 1.807) is 0 Å². The molecule has 0 bridgehead atoms. The van der Waals surface area contributed by atoms with Gasteiger partial charge in [-0.1, -0.05) is 0 Å². The third-order valence-corrected chi connectivity index (χ3v) is 4.05. The summed E-state index contributed by atoms with van der Waals surface area (Å²) >= 11 is 2.24. The third-order valence-electron chi connectivity index (χ3n) is 3.31. The molecule has 1 fully saturated rings. The van der Waals surface area contributed by atoms with Crippen LogP contribution in [0, 0.1) is 3.57 Å². The second-order valence-corrected chi connectivity index (χ2v) is 5.75. The Balaban J connectivity index is 1.95. The zero-order valence-corrected chi connectivity index (χ0v) is 13.0. The predicted octanol–water partition coefficient (Wildman–Crippen LogP) is 2.63. The van der Waals surface area contributed by atoms with Crippen LogP contribution < -0.4 is 4.74 Å². The molecule has 0 N–H and O–H groups in total. The van der Waals surface area contributed by atoms with Gasteiger partial charge in [-0.3, -0.25) is 4.40 Å². The van der Waals surface area contributed by atoms with Crippen molar-refractivity contribution in [1.29, 1.82) is 0 Å². The van der Waals surface area contributed by atoms with Crippen molar-refractivity contribution >= 4 is 28.4 Å². The first-order valence-electron chi connectivity index (χ1n) is 6.53. The first-order valence-corrected chi connectivity index (χ1v) is 7.61. The van der Waals surface area contributed by atoms with Crippen LogP contribution in [0.3, 0.4) is 0 Å². The molecule has 2 aromatic heterocycles. The maximum Gasteiger partial charge on any atom is 0.237 e. The highest BCUT2D eigenvalue weighted by Crippen LogP contribution is 2.27. The minimum absolute atomic E-state index is 0.489. The van der Waals surface area contributed by atoms with Crippen LogP contribution in [-0.4, -0.2) is 34.2 Å². The van der Waals surface area contributed by atoms with Gasteiger partial charge in [-0.2, -0.15) is 4.98 Å². The van der Waals surface area contributed by atoms with Crippen molar-refractivity contribution in [2.45, 2.75) is 25.7 Å². The number of nitrogens with zero attached hydrogens (tertiary/aromatic N) is 3. The lowest BCUT2D eigenvalue weighted by molar-refractivity contribution is 0.0846. The molecule has 6 heteroatoms. The van der Waals surface area contributed by atoms with Gasteiger partial charge in [0.2, 0.25) is 11.7 Å². The van der Waals surface area contributed by atoms with Crippen molar-refractivity contribution < 1.29 is 9.47 Å². The fourth-order valence-corrected chi connectivity index (χ4v) is 2.91. The molecular weight excluding hydrogens is 357 g/mol. The molecule has 0 amide bonds. The van der Waals surface area contributed by atoms with Gasteiger partial charge in [0.25, 0.3) is 0 Å². The third kappa shape index (κ3) is 2.69. The van der Waals surface area contributed by atoms with Gasteiger partial charge in [-0.25, -0.2) is 4.98 Å². The SMILES string of the molecule is CCOc1nc2nc(C3CCOCC3)cn2cc1I. The summed E-state index contributed by atoms with van der Waals surface area (Å²) < 4.78 is 13.9. The standard InChI is InChI=1S/C13H16IN3O2/c1-2-19-12-10(14)7-17-8-11(15-13(17)16-12)9-3-5-18-6-4-9/h7-9H,2-6H2,1H3. The van der Waals surface area contributed by atoms with Crippen molar-refractivity contribution in [2.24, 2.45) is 0 Å². The van der Waals surface area contributed by atoms with Gasteiger partial charge in [-0.05, 0) is 42.4 Å². The summed E-state index contributed by atoms with van der Waals surface area (Å²) in [4.78, 5) is 9.10. The largest absolute Gasteiger partial charge is 0.477 e. The second-order valence-electron chi connectivity index (χ2n) is 4.59. The predicted molar refractivity (Wildman–Crippen MR) is 79.7 cm³/mol. The van der Waals surface area contributed by atoms with Crippen molar-refractivity contribution in [3.05, 3.63) is 21.7 Å². The summed E-state index contributed by atoms with van der Waals surface area (Å²) in [6.07, 6.45) is 6.18. The summed E-state index contributed by atoms with van der Waals surface area (Å²) in [6.45, 7) is 4.23. The van der Waals surface area contributed by atoms with Crippen LogP contribution in [0.25, 0.3) is 5.78 Å². The van der Waals surface area contributed by atoms with Crippen molar-refractivity contribution in [2.75, 3.05) is 19.8 Å². The normalized spacial score (nSPS) is 16.9. The van der Waals surface area contributed by atoms with Crippen LogP contribution in [0.4, 0.5) is 0 Å². The molecule has 1 saturated heterocycles. The zero-order chi connectivity index (χ0) is 13.2. The van der Waals surface area contributed by atoms with E-state index in [1.165, 1.54) is 0 Å². The lowest BCUT2D eigenvalue weighted by Crippen LogP contribution is -2.14. The molecule has 2 aromatic rings. The van der Waals surface area contributed by atoms with Crippen LogP contribution >= 0.6 is 22.6 Å². The minimum atomic E-state index is 0.489. The van der Waals surface area contributed by atoms with Gasteiger partial charge in [-0.15, -0.1) is 0 Å². The topological polar surface area (TPSA) is 48.7 Å². The van der Waals surface area contributed by atoms with Crippen LogP contribution in [0.1, 0.15) is 31.4 Å². The second kappa shape index (κ2) is 5.62. The van der Waals surface area contributed by atoms with E-state index in [9.17, 15) is 0 Å². The van der Waals surface area contributed by atoms with Gasteiger partial charge in [0.05, 0.1) is 15.9 Å². The zero-order valence-electron chi connectivity index (χ0n) is 10.8. The van der Waals surface area contributed by atoms with Crippen molar-refractivity contribution in [3.8, 4) is 5.88 Å². The summed E-state index contributed by atoms with van der Waals surface area (Å²) in [5.41, 5.74) is 1.11. The van der Waals surface area contributed by atoms with E-state index in [4.69, 9.17) is 9.47 Å². The number of hydrogen-bond acceptors (Lipinski definition) is 4. The van der Waals surface area contributed by atoms with Crippen molar-refractivity contribution in [1.82, 2.24) is 14.4 Å². The van der Waals surface area contributed by atoms with Crippen LogP contribution in [0.5, 0.6) is 5.88 Å². The summed E-state index contributed by atoms with van der Waals surface area (Å²) in [5.74, 6) is 1.87. The summed E-state index contributed by atoms with van der Waals surface area (Å²) in [6, 6.07) is 0. The van der Waals surface area contributed by atoms with Gasteiger partial charge in [0.1, 0.15) is 0 Å². The monoisotopic (exact) mass is 373 g/mol. The molecule has 102 valence electrons. The smallest absolute Gasteiger partial charge is 0.237 e.